The number of amides is 1. The molecule has 3 rings (SSSR count). The molecule has 10 heteroatoms. The Morgan fingerprint density at radius 3 is 2.32 bits per heavy atom. The Hall–Kier alpha value is -3.43. The zero-order chi connectivity index (χ0) is 23.1. The number of aromatic carboxylic acids is 1. The number of carbonyl (C=O) groups excluding carboxylic acids is 2. The molecular weight excluding hydrogens is 423 g/mol. The number of nitrogens with one attached hydrogen (secondary N) is 1. The Kier molecular flexibility index (Phi) is 5.75. The Morgan fingerprint density at radius 1 is 1.10 bits per heavy atom. The van der Waals surface area contributed by atoms with Gasteiger partial charge in [-0.1, -0.05) is 6.07 Å². The molecule has 164 valence electrons. The van der Waals surface area contributed by atoms with Crippen LogP contribution in [0.15, 0.2) is 36.4 Å². The largest absolute Gasteiger partial charge is 0.545 e. The van der Waals surface area contributed by atoms with Gasteiger partial charge in [0.2, 0.25) is 0 Å². The van der Waals surface area contributed by atoms with Crippen LogP contribution in [0.25, 0.3) is 10.9 Å². The number of carboxylic acid groups (broad SMARTS) is 1. The monoisotopic (exact) mass is 439 g/mol. The van der Waals surface area contributed by atoms with E-state index in [9.17, 15) is 36.6 Å². The molecule has 1 unspecified atom stereocenters. The molecule has 0 aliphatic heterocycles. The molecule has 0 fully saturated rings. The van der Waals surface area contributed by atoms with Gasteiger partial charge >= 0.3 is 6.18 Å². The van der Waals surface area contributed by atoms with Crippen molar-refractivity contribution in [2.75, 3.05) is 0 Å². The summed E-state index contributed by atoms with van der Waals surface area (Å²) in [5, 5.41) is 13.4. The summed E-state index contributed by atoms with van der Waals surface area (Å²) in [6.45, 7) is 3.40. The number of fused-ring (bicyclic) bond motifs is 1. The minimum absolute atomic E-state index is 0.109. The molecule has 0 saturated carbocycles. The van der Waals surface area contributed by atoms with Gasteiger partial charge in [0.1, 0.15) is 5.69 Å². The van der Waals surface area contributed by atoms with Gasteiger partial charge in [-0.2, -0.15) is 13.2 Å². The maximum atomic E-state index is 13.6. The highest BCUT2D eigenvalue weighted by molar-refractivity contribution is 6.01. The van der Waals surface area contributed by atoms with Gasteiger partial charge in [-0.3, -0.25) is 4.79 Å². The molecule has 0 saturated heterocycles. The third-order valence-corrected chi connectivity index (χ3v) is 4.90. The van der Waals surface area contributed by atoms with Gasteiger partial charge in [-0.15, -0.1) is 0 Å². The first-order chi connectivity index (χ1) is 14.4. The van der Waals surface area contributed by atoms with Crippen LogP contribution < -0.4 is 10.4 Å². The van der Waals surface area contributed by atoms with Crippen LogP contribution in [0.4, 0.5) is 22.0 Å². The molecule has 31 heavy (non-hydrogen) atoms. The van der Waals surface area contributed by atoms with Gasteiger partial charge in [0.15, 0.2) is 17.7 Å². The molecular formula is C21H16F5N2O3-. The van der Waals surface area contributed by atoms with E-state index in [2.05, 4.69) is 0 Å². The van der Waals surface area contributed by atoms with Gasteiger partial charge in [-0.05, 0) is 55.3 Å². The van der Waals surface area contributed by atoms with Crippen molar-refractivity contribution in [2.24, 2.45) is 0 Å². The van der Waals surface area contributed by atoms with Crippen molar-refractivity contribution >= 4 is 22.8 Å². The summed E-state index contributed by atoms with van der Waals surface area (Å²) < 4.78 is 68.8. The van der Waals surface area contributed by atoms with Crippen molar-refractivity contribution in [3.05, 3.63) is 70.4 Å². The second kappa shape index (κ2) is 8.01. The molecule has 0 bridgehead atoms. The SMILES string of the molecule is CCn1c(C(=O)NC(c2ccc(F)c(F)c2)C(F)(F)F)cc2cc(C(=O)[O-])c(C)cc21. The fraction of sp³-hybridized carbons (Fsp3) is 0.238. The lowest BCUT2D eigenvalue weighted by atomic mass is 10.1. The predicted octanol–water partition coefficient (Wildman–Crippen LogP) is 3.64. The molecule has 1 aromatic heterocycles. The van der Waals surface area contributed by atoms with Crippen LogP contribution in [0.1, 0.15) is 44.9 Å². The summed E-state index contributed by atoms with van der Waals surface area (Å²) >= 11 is 0. The number of alkyl halides is 3. The lowest BCUT2D eigenvalue weighted by Crippen LogP contribution is -2.39. The second-order valence-corrected chi connectivity index (χ2v) is 6.91. The third-order valence-electron chi connectivity index (χ3n) is 4.90. The highest BCUT2D eigenvalue weighted by atomic mass is 19.4. The second-order valence-electron chi connectivity index (χ2n) is 6.91. The van der Waals surface area contributed by atoms with Crippen molar-refractivity contribution < 1.29 is 36.6 Å². The number of aromatic nitrogens is 1. The standard InChI is InChI=1S/C21H17F5N2O3/c1-3-28-16-6-10(2)13(20(30)31)7-12(16)9-17(28)19(29)27-18(21(24,25)26)11-4-5-14(22)15(23)8-11/h4-9,18H,3H2,1-2H3,(H,27,29)(H,30,31)/p-1. The van der Waals surface area contributed by atoms with Gasteiger partial charge in [-0.25, -0.2) is 8.78 Å². The van der Waals surface area contributed by atoms with E-state index in [1.807, 2.05) is 5.32 Å². The Bertz CT molecular complexity index is 1180. The first-order valence-corrected chi connectivity index (χ1v) is 9.11. The third kappa shape index (κ3) is 4.23. The maximum Gasteiger partial charge on any atom is 0.412 e. The number of nitrogens with zero attached hydrogens (tertiary/aromatic N) is 1. The van der Waals surface area contributed by atoms with E-state index in [-0.39, 0.29) is 17.8 Å². The van der Waals surface area contributed by atoms with Crippen LogP contribution in [0.3, 0.4) is 0 Å². The number of hydrogen-bond acceptors (Lipinski definition) is 3. The van der Waals surface area contributed by atoms with E-state index < -0.39 is 41.3 Å². The van der Waals surface area contributed by atoms with Gasteiger partial charge in [0, 0.05) is 23.0 Å². The number of benzene rings is 2. The van der Waals surface area contributed by atoms with E-state index in [1.54, 1.807) is 6.92 Å². The van der Waals surface area contributed by atoms with E-state index in [0.717, 1.165) is 6.07 Å². The highest BCUT2D eigenvalue weighted by Gasteiger charge is 2.42. The highest BCUT2D eigenvalue weighted by Crippen LogP contribution is 2.34. The van der Waals surface area contributed by atoms with Gasteiger partial charge in [0.05, 0.1) is 5.97 Å². The van der Waals surface area contributed by atoms with Crippen LogP contribution >= 0.6 is 0 Å². The van der Waals surface area contributed by atoms with Crippen molar-refractivity contribution in [1.29, 1.82) is 0 Å². The number of carboxylic acids is 1. The molecule has 1 heterocycles. The zero-order valence-electron chi connectivity index (χ0n) is 16.3. The molecule has 1 atom stereocenters. The van der Waals surface area contributed by atoms with Crippen molar-refractivity contribution in [3.63, 3.8) is 0 Å². The Labute approximate surface area is 173 Å². The number of rotatable bonds is 5. The first-order valence-electron chi connectivity index (χ1n) is 9.11. The minimum Gasteiger partial charge on any atom is -0.545 e. The van der Waals surface area contributed by atoms with E-state index in [4.69, 9.17) is 0 Å². The van der Waals surface area contributed by atoms with Crippen LogP contribution in [0.5, 0.6) is 0 Å². The Balaban J connectivity index is 2.05. The molecule has 0 aliphatic carbocycles. The quantitative estimate of drug-likeness (QED) is 0.617. The zero-order valence-corrected chi connectivity index (χ0v) is 16.3. The summed E-state index contributed by atoms with van der Waals surface area (Å²) in [6.07, 6.45) is -4.98. The predicted molar refractivity (Wildman–Crippen MR) is 99.3 cm³/mol. The summed E-state index contributed by atoms with van der Waals surface area (Å²) in [6, 6.07) is 3.11. The van der Waals surface area contributed by atoms with E-state index in [1.165, 1.54) is 29.7 Å². The molecule has 0 spiro atoms. The number of hydrogen-bond donors (Lipinski definition) is 1. The molecule has 2 aromatic carbocycles. The molecule has 5 nitrogen and oxygen atoms in total. The normalized spacial score (nSPS) is 12.7. The lowest BCUT2D eigenvalue weighted by Gasteiger charge is -2.22. The molecule has 3 aromatic rings. The minimum atomic E-state index is -4.98. The number of aryl methyl sites for hydroxylation is 2. The molecule has 0 aliphatic rings. The fourth-order valence-corrected chi connectivity index (χ4v) is 3.41. The van der Waals surface area contributed by atoms with Crippen LogP contribution in [-0.2, 0) is 6.54 Å². The van der Waals surface area contributed by atoms with E-state index >= 15 is 0 Å². The first kappa shape index (κ1) is 22.3. The average molecular weight is 439 g/mol. The Morgan fingerprint density at radius 2 is 1.77 bits per heavy atom. The van der Waals surface area contributed by atoms with Crippen LogP contribution in [0, 0.1) is 18.6 Å². The van der Waals surface area contributed by atoms with Crippen molar-refractivity contribution in [1.82, 2.24) is 9.88 Å². The maximum absolute atomic E-state index is 13.6. The summed E-state index contributed by atoms with van der Waals surface area (Å²) in [5.74, 6) is -5.34. The summed E-state index contributed by atoms with van der Waals surface area (Å²) in [7, 11) is 0. The summed E-state index contributed by atoms with van der Waals surface area (Å²) in [4.78, 5) is 24.0. The van der Waals surface area contributed by atoms with Crippen LogP contribution in [-0.4, -0.2) is 22.6 Å². The van der Waals surface area contributed by atoms with E-state index in [0.29, 0.717) is 28.6 Å². The number of halogens is 5. The summed E-state index contributed by atoms with van der Waals surface area (Å²) in [5.41, 5.74) is -0.116. The number of carbonyl (C=O) groups is 2. The topological polar surface area (TPSA) is 74.2 Å². The average Bonchev–Trinajstić information content (AvgIpc) is 3.04. The van der Waals surface area contributed by atoms with Crippen molar-refractivity contribution in [2.45, 2.75) is 32.6 Å². The molecule has 1 N–H and O–H groups in total. The van der Waals surface area contributed by atoms with Gasteiger partial charge in [0.25, 0.3) is 5.91 Å². The van der Waals surface area contributed by atoms with Crippen LogP contribution in [0.2, 0.25) is 0 Å². The smallest absolute Gasteiger partial charge is 0.412 e. The molecule has 1 amide bonds. The fourth-order valence-electron chi connectivity index (χ4n) is 3.41. The van der Waals surface area contributed by atoms with Gasteiger partial charge < -0.3 is 19.8 Å². The molecule has 0 radical (unpaired) electrons. The lowest BCUT2D eigenvalue weighted by molar-refractivity contribution is -0.255. The van der Waals surface area contributed by atoms with Crippen molar-refractivity contribution in [3.8, 4) is 0 Å².